The molecule has 0 bridgehead atoms. The van der Waals surface area contributed by atoms with Gasteiger partial charge in [0.25, 0.3) is 5.91 Å². The quantitative estimate of drug-likeness (QED) is 0.579. The number of hydrogen-bond acceptors (Lipinski definition) is 7. The summed E-state index contributed by atoms with van der Waals surface area (Å²) in [5, 5.41) is 11.9. The highest BCUT2D eigenvalue weighted by molar-refractivity contribution is 5.92. The van der Waals surface area contributed by atoms with Crippen molar-refractivity contribution in [1.29, 1.82) is 0 Å². The van der Waals surface area contributed by atoms with Gasteiger partial charge in [-0.1, -0.05) is 6.07 Å². The lowest BCUT2D eigenvalue weighted by Crippen LogP contribution is -2.22. The second-order valence-corrected chi connectivity index (χ2v) is 5.51. The van der Waals surface area contributed by atoms with E-state index < -0.39 is 5.91 Å². The Balaban J connectivity index is 1.55. The monoisotopic (exact) mass is 314 g/mol. The molecule has 1 aromatic heterocycles. The molecule has 2 heterocycles. The lowest BCUT2D eigenvalue weighted by molar-refractivity contribution is 0.0705. The van der Waals surface area contributed by atoms with Gasteiger partial charge in [-0.3, -0.25) is 10.0 Å². The predicted octanol–water partition coefficient (Wildman–Crippen LogP) is 1.43. The SMILES string of the molecule is O=C(NO)c1cnc(NC2(c3ccc4c(c3)OCO4)CC2)nc1. The van der Waals surface area contributed by atoms with E-state index in [1.807, 2.05) is 18.2 Å². The third-order valence-electron chi connectivity index (χ3n) is 4.04. The number of rotatable bonds is 4. The highest BCUT2D eigenvalue weighted by atomic mass is 16.7. The predicted molar refractivity (Wildman–Crippen MR) is 78.4 cm³/mol. The zero-order valence-electron chi connectivity index (χ0n) is 12.1. The average molecular weight is 314 g/mol. The minimum absolute atomic E-state index is 0.186. The molecular weight excluding hydrogens is 300 g/mol. The number of anilines is 1. The number of amides is 1. The Labute approximate surface area is 131 Å². The minimum Gasteiger partial charge on any atom is -0.454 e. The van der Waals surface area contributed by atoms with E-state index >= 15 is 0 Å². The molecule has 118 valence electrons. The van der Waals surface area contributed by atoms with Crippen molar-refractivity contribution in [2.24, 2.45) is 0 Å². The fourth-order valence-electron chi connectivity index (χ4n) is 2.59. The zero-order valence-corrected chi connectivity index (χ0v) is 12.1. The number of carbonyl (C=O) groups excluding carboxylic acids is 1. The number of fused-ring (bicyclic) bond motifs is 1. The number of aromatic nitrogens is 2. The molecule has 0 atom stereocenters. The smallest absolute Gasteiger partial charge is 0.277 e. The third kappa shape index (κ3) is 2.42. The first kappa shape index (κ1) is 13.8. The van der Waals surface area contributed by atoms with Crippen molar-refractivity contribution in [1.82, 2.24) is 15.4 Å². The maximum absolute atomic E-state index is 11.3. The molecule has 0 radical (unpaired) electrons. The van der Waals surface area contributed by atoms with Gasteiger partial charge in [-0.25, -0.2) is 15.4 Å². The van der Waals surface area contributed by atoms with E-state index in [2.05, 4.69) is 15.3 Å². The van der Waals surface area contributed by atoms with Crippen LogP contribution in [0.4, 0.5) is 5.95 Å². The van der Waals surface area contributed by atoms with Crippen LogP contribution in [0, 0.1) is 0 Å². The number of hydrogen-bond donors (Lipinski definition) is 3. The van der Waals surface area contributed by atoms with Gasteiger partial charge in [-0.15, -0.1) is 0 Å². The minimum atomic E-state index is -0.645. The highest BCUT2D eigenvalue weighted by Gasteiger charge is 2.45. The van der Waals surface area contributed by atoms with Crippen molar-refractivity contribution in [3.8, 4) is 11.5 Å². The number of carbonyl (C=O) groups is 1. The summed E-state index contributed by atoms with van der Waals surface area (Å²) in [5.74, 6) is 1.27. The van der Waals surface area contributed by atoms with Crippen molar-refractivity contribution in [3.63, 3.8) is 0 Å². The van der Waals surface area contributed by atoms with Crippen LogP contribution in [0.2, 0.25) is 0 Å². The van der Waals surface area contributed by atoms with Crippen molar-refractivity contribution in [2.45, 2.75) is 18.4 Å². The molecule has 0 saturated heterocycles. The van der Waals surface area contributed by atoms with Crippen LogP contribution in [-0.2, 0) is 5.54 Å². The summed E-state index contributed by atoms with van der Waals surface area (Å²) in [5.41, 5.74) is 2.60. The topological polar surface area (TPSA) is 106 Å². The average Bonchev–Trinajstić information content (AvgIpc) is 3.21. The molecule has 1 aliphatic heterocycles. The Kier molecular flexibility index (Phi) is 3.05. The van der Waals surface area contributed by atoms with Crippen molar-refractivity contribution >= 4 is 11.9 Å². The number of hydroxylamine groups is 1. The molecule has 8 heteroatoms. The summed E-state index contributed by atoms with van der Waals surface area (Å²) in [7, 11) is 0. The van der Waals surface area contributed by atoms with Gasteiger partial charge in [-0.05, 0) is 30.5 Å². The van der Waals surface area contributed by atoms with Gasteiger partial charge in [0.1, 0.15) is 0 Å². The van der Waals surface area contributed by atoms with Crippen LogP contribution in [-0.4, -0.2) is 27.9 Å². The molecule has 0 unspecified atom stereocenters. The molecule has 4 rings (SSSR count). The Morgan fingerprint density at radius 1 is 1.17 bits per heavy atom. The molecule has 2 aliphatic rings. The summed E-state index contributed by atoms with van der Waals surface area (Å²) in [6, 6.07) is 5.87. The summed E-state index contributed by atoms with van der Waals surface area (Å²) in [6.07, 6.45) is 4.62. The third-order valence-corrected chi connectivity index (χ3v) is 4.04. The van der Waals surface area contributed by atoms with E-state index in [0.717, 1.165) is 29.9 Å². The lowest BCUT2D eigenvalue weighted by atomic mass is 10.0. The van der Waals surface area contributed by atoms with Gasteiger partial charge in [0.2, 0.25) is 12.7 Å². The molecule has 1 aliphatic carbocycles. The van der Waals surface area contributed by atoms with E-state index in [9.17, 15) is 4.79 Å². The Bertz CT molecular complexity index is 759. The van der Waals surface area contributed by atoms with Crippen LogP contribution >= 0.6 is 0 Å². The van der Waals surface area contributed by atoms with Crippen LogP contribution in [0.3, 0.4) is 0 Å². The van der Waals surface area contributed by atoms with Crippen LogP contribution in [0.1, 0.15) is 28.8 Å². The summed E-state index contributed by atoms with van der Waals surface area (Å²) >= 11 is 0. The van der Waals surface area contributed by atoms with Gasteiger partial charge in [0.15, 0.2) is 11.5 Å². The van der Waals surface area contributed by atoms with Crippen molar-refractivity contribution < 1.29 is 19.5 Å². The van der Waals surface area contributed by atoms with Crippen LogP contribution in [0.15, 0.2) is 30.6 Å². The van der Waals surface area contributed by atoms with Crippen molar-refractivity contribution in [3.05, 3.63) is 41.7 Å². The molecule has 1 saturated carbocycles. The summed E-state index contributed by atoms with van der Waals surface area (Å²) in [4.78, 5) is 19.5. The first-order chi connectivity index (χ1) is 11.2. The molecule has 1 aromatic carbocycles. The van der Waals surface area contributed by atoms with E-state index in [4.69, 9.17) is 14.7 Å². The van der Waals surface area contributed by atoms with Gasteiger partial charge in [0.05, 0.1) is 11.1 Å². The van der Waals surface area contributed by atoms with Crippen LogP contribution in [0.25, 0.3) is 0 Å². The van der Waals surface area contributed by atoms with Gasteiger partial charge in [0, 0.05) is 12.4 Å². The Hall–Kier alpha value is -2.87. The van der Waals surface area contributed by atoms with E-state index in [0.29, 0.717) is 5.95 Å². The molecule has 3 N–H and O–H groups in total. The first-order valence-electron chi connectivity index (χ1n) is 7.15. The second kappa shape index (κ2) is 5.10. The zero-order chi connectivity index (χ0) is 15.9. The highest BCUT2D eigenvalue weighted by Crippen LogP contribution is 2.49. The number of benzene rings is 1. The maximum atomic E-state index is 11.3. The van der Waals surface area contributed by atoms with Crippen LogP contribution in [0.5, 0.6) is 11.5 Å². The van der Waals surface area contributed by atoms with Gasteiger partial charge < -0.3 is 14.8 Å². The van der Waals surface area contributed by atoms with Gasteiger partial charge in [-0.2, -0.15) is 0 Å². The standard InChI is InChI=1S/C15H14N4O4/c20-13(19-21)9-6-16-14(17-7-9)18-15(3-4-15)10-1-2-11-12(5-10)23-8-22-11/h1-2,5-7,21H,3-4,8H2,(H,19,20)(H,16,17,18). The largest absolute Gasteiger partial charge is 0.454 e. The normalized spacial score (nSPS) is 16.7. The van der Waals surface area contributed by atoms with E-state index in [-0.39, 0.29) is 17.9 Å². The van der Waals surface area contributed by atoms with Crippen LogP contribution < -0.4 is 20.3 Å². The van der Waals surface area contributed by atoms with Crippen molar-refractivity contribution in [2.75, 3.05) is 12.1 Å². The molecule has 23 heavy (non-hydrogen) atoms. The number of nitrogens with one attached hydrogen (secondary N) is 2. The summed E-state index contributed by atoms with van der Waals surface area (Å²) < 4.78 is 10.7. The number of nitrogens with zero attached hydrogens (tertiary/aromatic N) is 2. The lowest BCUT2D eigenvalue weighted by Gasteiger charge is -2.18. The van der Waals surface area contributed by atoms with E-state index in [1.165, 1.54) is 12.4 Å². The molecule has 2 aromatic rings. The Morgan fingerprint density at radius 3 is 2.61 bits per heavy atom. The van der Waals surface area contributed by atoms with Gasteiger partial charge >= 0.3 is 0 Å². The second-order valence-electron chi connectivity index (χ2n) is 5.51. The Morgan fingerprint density at radius 2 is 1.91 bits per heavy atom. The molecule has 8 nitrogen and oxygen atoms in total. The molecular formula is C15H14N4O4. The fraction of sp³-hybridized carbons (Fsp3) is 0.267. The fourth-order valence-corrected chi connectivity index (χ4v) is 2.59. The first-order valence-corrected chi connectivity index (χ1v) is 7.15. The molecule has 1 amide bonds. The number of ether oxygens (including phenoxy) is 2. The molecule has 1 fully saturated rings. The summed E-state index contributed by atoms with van der Waals surface area (Å²) in [6.45, 7) is 0.247. The van der Waals surface area contributed by atoms with E-state index in [1.54, 1.807) is 5.48 Å². The molecule has 0 spiro atoms. The maximum Gasteiger partial charge on any atom is 0.277 e.